The summed E-state index contributed by atoms with van der Waals surface area (Å²) in [5.41, 5.74) is -0.533. The average molecular weight is 609 g/mol. The normalized spacial score (nSPS) is 8.44. The summed E-state index contributed by atoms with van der Waals surface area (Å²) in [7, 11) is 28.9. The van der Waals surface area contributed by atoms with Crippen LogP contribution in [-0.4, -0.2) is 81.9 Å². The number of rotatable bonds is 6. The van der Waals surface area contributed by atoms with Gasteiger partial charge in [0.15, 0.2) is 5.75 Å². The molecule has 0 saturated carbocycles. The minimum atomic E-state index is -0.829. The molecule has 7 nitrogen and oxygen atoms in total. The molecule has 0 aliphatic rings. The molecule has 0 heterocycles. The molecule has 0 aliphatic carbocycles. The molecule has 19 heteroatoms. The molecule has 0 atom stereocenters. The summed E-state index contributed by atoms with van der Waals surface area (Å²) in [4.78, 5) is 19.2. The highest BCUT2D eigenvalue weighted by Crippen LogP contribution is 2.29. The summed E-state index contributed by atoms with van der Waals surface area (Å²) in [6, 6.07) is 8.13. The van der Waals surface area contributed by atoms with E-state index < -0.39 is 34.1 Å². The van der Waals surface area contributed by atoms with Crippen molar-refractivity contribution in [2.45, 2.75) is 27.7 Å². The van der Waals surface area contributed by atoms with Crippen LogP contribution in [0.5, 0.6) is 5.75 Å². The molecule has 0 aromatic heterocycles. The minimum Gasteiger partial charge on any atom is -0.490 e. The van der Waals surface area contributed by atoms with E-state index in [1.165, 1.54) is 26.3 Å². The number of hydrogen-bond acceptors (Lipinski definition) is 5. The molecule has 2 aromatic carbocycles. The molecule has 0 spiro atoms. The van der Waals surface area contributed by atoms with E-state index in [0.717, 1.165) is 16.6 Å². The smallest absolute Gasteiger partial charge is 0.310 e. The van der Waals surface area contributed by atoms with Crippen molar-refractivity contribution >= 4 is 108 Å². The van der Waals surface area contributed by atoms with E-state index in [2.05, 4.69) is 31.9 Å². The Morgan fingerprint density at radius 2 is 1.25 bits per heavy atom. The molecule has 0 amide bonds. The van der Waals surface area contributed by atoms with Gasteiger partial charge in [-0.05, 0) is 18.2 Å². The van der Waals surface area contributed by atoms with Crippen molar-refractivity contribution in [3.8, 4) is 5.75 Å². The first kappa shape index (κ1) is 39.0. The van der Waals surface area contributed by atoms with Gasteiger partial charge in [0.25, 0.3) is 0 Å². The molecule has 11 radical (unpaired) electrons. The summed E-state index contributed by atoms with van der Waals surface area (Å²) in [5.74, 6) is -0.571. The molecule has 0 saturated heterocycles. The van der Waals surface area contributed by atoms with E-state index >= 15 is 0 Å². The van der Waals surface area contributed by atoms with Crippen LogP contribution in [0.25, 0.3) is 0 Å². The molecule has 2 aromatic rings. The number of nitrogens with zero attached hydrogens (tertiary/aromatic N) is 2. The maximum Gasteiger partial charge on any atom is 0.310 e. The third-order valence-electron chi connectivity index (χ3n) is 3.56. The Labute approximate surface area is 238 Å². The first-order valence-electron chi connectivity index (χ1n) is 10.5. The number of hydrogen-bond donors (Lipinski definition) is 0. The van der Waals surface area contributed by atoms with Crippen molar-refractivity contribution in [1.29, 1.82) is 0 Å². The van der Waals surface area contributed by atoms with E-state index in [9.17, 15) is 24.6 Å². The molecule has 177 valence electrons. The predicted octanol–water partition coefficient (Wildman–Crippen LogP) is 3.49. The average Bonchev–Trinajstić information content (AvgIpc) is 2.82. The molecule has 0 bridgehead atoms. The SMILES string of the molecule is CC.CC.COc1cc(Br)ccc1[N+](=O)[O-].O=[N+]([O-])c1ccc(Br)cc1F.[B][B]B(B([B])[B])B([B])[B]. The highest BCUT2D eigenvalue weighted by molar-refractivity contribution is 9.10. The third-order valence-corrected chi connectivity index (χ3v) is 4.54. The molecule has 36 heavy (non-hydrogen) atoms. The van der Waals surface area contributed by atoms with Gasteiger partial charge in [-0.1, -0.05) is 59.6 Å². The summed E-state index contributed by atoms with van der Waals surface area (Å²) in [6.07, 6.45) is -1.46. The predicted molar refractivity (Wildman–Crippen MR) is 163 cm³/mol. The van der Waals surface area contributed by atoms with E-state index in [4.69, 9.17) is 43.4 Å². The second-order valence-corrected chi connectivity index (χ2v) is 7.68. The fourth-order valence-corrected chi connectivity index (χ4v) is 2.62. The van der Waals surface area contributed by atoms with Gasteiger partial charge < -0.3 is 4.74 Å². The molecule has 0 unspecified atom stereocenters. The molecular formula is C17H21B9Br2FN2O5. The zero-order valence-electron chi connectivity index (χ0n) is 20.7. The van der Waals surface area contributed by atoms with Crippen molar-refractivity contribution in [3.05, 3.63) is 71.4 Å². The van der Waals surface area contributed by atoms with Gasteiger partial charge in [0.1, 0.15) is 0 Å². The van der Waals surface area contributed by atoms with Crippen molar-refractivity contribution in [3.63, 3.8) is 0 Å². The van der Waals surface area contributed by atoms with Crippen molar-refractivity contribution in [1.82, 2.24) is 0 Å². The monoisotopic (exact) mass is 609 g/mol. The van der Waals surface area contributed by atoms with Crippen LogP contribution < -0.4 is 4.74 Å². The lowest BCUT2D eigenvalue weighted by molar-refractivity contribution is -0.387. The van der Waals surface area contributed by atoms with Crippen LogP contribution in [0.2, 0.25) is 0 Å². The molecule has 0 aliphatic heterocycles. The van der Waals surface area contributed by atoms with Crippen LogP contribution in [-0.2, 0) is 0 Å². The van der Waals surface area contributed by atoms with Gasteiger partial charge in [-0.3, -0.25) is 20.2 Å². The van der Waals surface area contributed by atoms with E-state index in [0.29, 0.717) is 4.47 Å². The van der Waals surface area contributed by atoms with Gasteiger partial charge in [0, 0.05) is 92.0 Å². The first-order valence-corrected chi connectivity index (χ1v) is 12.1. The Morgan fingerprint density at radius 3 is 1.53 bits per heavy atom. The lowest BCUT2D eigenvalue weighted by Gasteiger charge is -2.17. The number of nitro benzene ring substituents is 2. The standard InChI is InChI=1S/C7H6BrNO3.C6H3BrFNO2.2C2H6.B9/c1-12-7-4-5(8)2-3-6(7)9(10)11;7-4-1-2-6(9(10)11)5(8)3-4;2*1-2;1-6-9(7(2)3)8(4)5/h2-4H,1H3;1-3H;2*1-2H3;. The summed E-state index contributed by atoms with van der Waals surface area (Å²) >= 11 is 6.17. The van der Waals surface area contributed by atoms with Crippen LogP contribution in [0.15, 0.2) is 45.3 Å². The molecule has 2 rings (SSSR count). The van der Waals surface area contributed by atoms with Gasteiger partial charge in [-0.15, -0.1) is 0 Å². The Kier molecular flexibility index (Phi) is 24.6. The Bertz CT molecular complexity index is 913. The number of methoxy groups -OCH3 is 1. The lowest BCUT2D eigenvalue weighted by atomic mass is 8.64. The highest BCUT2D eigenvalue weighted by Gasteiger charge is 2.18. The highest BCUT2D eigenvalue weighted by atomic mass is 79.9. The fourth-order valence-electron chi connectivity index (χ4n) is 1.94. The summed E-state index contributed by atoms with van der Waals surface area (Å²) in [5, 5.41) is 20.5. The maximum atomic E-state index is 12.6. The van der Waals surface area contributed by atoms with Crippen molar-refractivity contribution in [2.75, 3.05) is 7.11 Å². The molecular weight excluding hydrogens is 588 g/mol. The topological polar surface area (TPSA) is 95.5 Å². The van der Waals surface area contributed by atoms with E-state index in [1.807, 2.05) is 27.7 Å². The van der Waals surface area contributed by atoms with Gasteiger partial charge in [-0.25, -0.2) is 0 Å². The number of ether oxygens (including phenoxy) is 1. The second-order valence-electron chi connectivity index (χ2n) is 5.85. The lowest BCUT2D eigenvalue weighted by Crippen LogP contribution is -2.55. The number of halogens is 3. The van der Waals surface area contributed by atoms with Gasteiger partial charge >= 0.3 is 11.4 Å². The van der Waals surface area contributed by atoms with Crippen LogP contribution in [0.4, 0.5) is 15.8 Å². The fraction of sp³-hybridized carbons (Fsp3) is 0.294. The Hall–Kier alpha value is -1.49. The Balaban J connectivity index is -0.000000427. The van der Waals surface area contributed by atoms with Crippen LogP contribution >= 0.6 is 31.9 Å². The number of benzene rings is 2. The minimum absolute atomic E-state index is 0.0271. The van der Waals surface area contributed by atoms with Crippen LogP contribution in [0.3, 0.4) is 0 Å². The third kappa shape index (κ3) is 16.3. The zero-order valence-corrected chi connectivity index (χ0v) is 23.9. The van der Waals surface area contributed by atoms with Crippen molar-refractivity contribution < 1.29 is 19.0 Å². The second kappa shape index (κ2) is 22.7. The molecule has 0 N–H and O–H groups in total. The van der Waals surface area contributed by atoms with E-state index in [-0.39, 0.29) is 17.8 Å². The van der Waals surface area contributed by atoms with Gasteiger partial charge in [0.2, 0.25) is 5.82 Å². The van der Waals surface area contributed by atoms with Crippen LogP contribution in [0.1, 0.15) is 27.7 Å². The van der Waals surface area contributed by atoms with Gasteiger partial charge in [0.05, 0.1) is 17.0 Å². The molecule has 0 fully saturated rings. The van der Waals surface area contributed by atoms with Gasteiger partial charge in [-0.2, -0.15) is 4.39 Å². The van der Waals surface area contributed by atoms with E-state index in [1.54, 1.807) is 12.1 Å². The number of nitro groups is 2. The Morgan fingerprint density at radius 1 is 0.861 bits per heavy atom. The van der Waals surface area contributed by atoms with Crippen molar-refractivity contribution in [2.24, 2.45) is 0 Å². The maximum absolute atomic E-state index is 12.6. The summed E-state index contributed by atoms with van der Waals surface area (Å²) < 4.78 is 18.7. The summed E-state index contributed by atoms with van der Waals surface area (Å²) in [6.45, 7) is 8.00. The van der Waals surface area contributed by atoms with Crippen LogP contribution in [0, 0.1) is 26.0 Å². The first-order chi connectivity index (χ1) is 16.8. The zero-order chi connectivity index (χ0) is 29.0. The quantitative estimate of drug-likeness (QED) is 0.284. The largest absolute Gasteiger partial charge is 0.490 e.